The van der Waals surface area contributed by atoms with Gasteiger partial charge in [-0.25, -0.2) is 4.79 Å². The lowest BCUT2D eigenvalue weighted by Gasteiger charge is -2.17. The number of phenols is 2. The molecule has 132 valence electrons. The Labute approximate surface area is 153 Å². The predicted molar refractivity (Wildman–Crippen MR) is 93.2 cm³/mol. The number of hydrogen-bond acceptors (Lipinski definition) is 5. The van der Waals surface area contributed by atoms with Crippen LogP contribution in [0.4, 0.5) is 0 Å². The molecular formula is C17H15Cl2NO5. The van der Waals surface area contributed by atoms with E-state index in [2.05, 4.69) is 5.32 Å². The van der Waals surface area contributed by atoms with Crippen molar-refractivity contribution in [2.45, 2.75) is 12.5 Å². The van der Waals surface area contributed by atoms with Gasteiger partial charge in [-0.15, -0.1) is 0 Å². The van der Waals surface area contributed by atoms with E-state index < -0.39 is 34.4 Å². The first-order chi connectivity index (χ1) is 11.8. The molecule has 0 aliphatic rings. The fourth-order valence-corrected chi connectivity index (χ4v) is 2.65. The van der Waals surface area contributed by atoms with Gasteiger partial charge in [0.15, 0.2) is 11.5 Å². The molecule has 2 aromatic rings. The van der Waals surface area contributed by atoms with E-state index in [0.717, 1.165) is 11.6 Å². The second kappa shape index (κ2) is 8.09. The zero-order valence-corrected chi connectivity index (χ0v) is 14.6. The van der Waals surface area contributed by atoms with Crippen LogP contribution >= 0.6 is 23.2 Å². The van der Waals surface area contributed by atoms with Gasteiger partial charge < -0.3 is 20.3 Å². The number of rotatable bonds is 5. The molecule has 0 bridgehead atoms. The minimum Gasteiger partial charge on any atom is -0.505 e. The summed E-state index contributed by atoms with van der Waals surface area (Å²) >= 11 is 11.5. The molecule has 0 heterocycles. The minimum absolute atomic E-state index is 0.194. The molecule has 0 saturated carbocycles. The number of esters is 1. The van der Waals surface area contributed by atoms with Crippen LogP contribution in [0.5, 0.6) is 11.5 Å². The molecular weight excluding hydrogens is 369 g/mol. The lowest BCUT2D eigenvalue weighted by atomic mass is 10.1. The third-order valence-electron chi connectivity index (χ3n) is 3.49. The van der Waals surface area contributed by atoms with Gasteiger partial charge in [-0.05, 0) is 11.6 Å². The second-order valence-corrected chi connectivity index (χ2v) is 5.94. The summed E-state index contributed by atoms with van der Waals surface area (Å²) in [6.45, 7) is 0. The maximum absolute atomic E-state index is 12.4. The van der Waals surface area contributed by atoms with Crippen molar-refractivity contribution in [2.24, 2.45) is 0 Å². The summed E-state index contributed by atoms with van der Waals surface area (Å²) in [6.07, 6.45) is 0.194. The maximum Gasteiger partial charge on any atom is 0.328 e. The van der Waals surface area contributed by atoms with Crippen LogP contribution in [0.25, 0.3) is 0 Å². The number of hydrogen-bond donors (Lipinski definition) is 3. The highest BCUT2D eigenvalue weighted by Crippen LogP contribution is 2.40. The molecule has 0 aliphatic heterocycles. The van der Waals surface area contributed by atoms with Gasteiger partial charge in [-0.2, -0.15) is 0 Å². The molecule has 0 saturated heterocycles. The molecule has 2 rings (SSSR count). The van der Waals surface area contributed by atoms with E-state index in [-0.39, 0.29) is 17.0 Å². The number of phenolic OH excluding ortho intramolecular Hbond substituents is 2. The summed E-state index contributed by atoms with van der Waals surface area (Å²) in [5, 5.41) is 21.3. The Morgan fingerprint density at radius 1 is 1.16 bits per heavy atom. The van der Waals surface area contributed by atoms with Gasteiger partial charge in [0.1, 0.15) is 11.1 Å². The van der Waals surface area contributed by atoms with Crippen molar-refractivity contribution in [1.29, 1.82) is 0 Å². The van der Waals surface area contributed by atoms with Gasteiger partial charge in [0, 0.05) is 6.42 Å². The molecule has 8 heteroatoms. The molecule has 0 fully saturated rings. The van der Waals surface area contributed by atoms with Crippen LogP contribution in [-0.2, 0) is 16.0 Å². The van der Waals surface area contributed by atoms with Crippen LogP contribution in [-0.4, -0.2) is 35.2 Å². The summed E-state index contributed by atoms with van der Waals surface area (Å²) in [5.41, 5.74) is 0.541. The van der Waals surface area contributed by atoms with Crippen molar-refractivity contribution in [3.8, 4) is 11.5 Å². The van der Waals surface area contributed by atoms with E-state index in [4.69, 9.17) is 27.9 Å². The largest absolute Gasteiger partial charge is 0.505 e. The topological polar surface area (TPSA) is 95.9 Å². The number of ether oxygens (including phenoxy) is 1. The van der Waals surface area contributed by atoms with Crippen LogP contribution < -0.4 is 5.32 Å². The average Bonchev–Trinajstić information content (AvgIpc) is 2.62. The fraction of sp³-hybridized carbons (Fsp3) is 0.176. The third-order valence-corrected chi connectivity index (χ3v) is 4.13. The lowest BCUT2D eigenvalue weighted by Crippen LogP contribution is -2.43. The Kier molecular flexibility index (Phi) is 6.12. The van der Waals surface area contributed by atoms with Gasteiger partial charge in [0.2, 0.25) is 0 Å². The first-order valence-corrected chi connectivity index (χ1v) is 7.93. The smallest absolute Gasteiger partial charge is 0.328 e. The molecule has 3 N–H and O–H groups in total. The first-order valence-electron chi connectivity index (χ1n) is 7.17. The van der Waals surface area contributed by atoms with Crippen molar-refractivity contribution in [1.82, 2.24) is 5.32 Å². The van der Waals surface area contributed by atoms with Crippen molar-refractivity contribution < 1.29 is 24.5 Å². The van der Waals surface area contributed by atoms with Crippen molar-refractivity contribution >= 4 is 35.1 Å². The minimum atomic E-state index is -0.981. The normalized spacial score (nSPS) is 11.6. The highest BCUT2D eigenvalue weighted by atomic mass is 35.5. The summed E-state index contributed by atoms with van der Waals surface area (Å²) < 4.78 is 4.71. The Bertz CT molecular complexity index is 795. The van der Waals surface area contributed by atoms with E-state index in [1.807, 2.05) is 6.07 Å². The molecule has 1 atom stereocenters. The lowest BCUT2D eigenvalue weighted by molar-refractivity contribution is -0.142. The number of amides is 1. The number of nitrogens with one attached hydrogen (secondary N) is 1. The summed E-state index contributed by atoms with van der Waals surface area (Å²) in [6, 6.07) is 9.11. The van der Waals surface area contributed by atoms with E-state index in [1.165, 1.54) is 7.11 Å². The van der Waals surface area contributed by atoms with Crippen LogP contribution in [0.3, 0.4) is 0 Å². The fourth-order valence-electron chi connectivity index (χ4n) is 2.19. The number of carbonyl (C=O) groups is 2. The molecule has 6 nitrogen and oxygen atoms in total. The molecule has 0 unspecified atom stereocenters. The monoisotopic (exact) mass is 383 g/mol. The number of methoxy groups -OCH3 is 1. The molecule has 0 spiro atoms. The summed E-state index contributed by atoms with van der Waals surface area (Å²) in [7, 11) is 1.21. The zero-order chi connectivity index (χ0) is 18.6. The molecule has 0 aliphatic carbocycles. The van der Waals surface area contributed by atoms with Crippen LogP contribution in [0.1, 0.15) is 15.9 Å². The summed E-state index contributed by atoms with van der Waals surface area (Å²) in [4.78, 5) is 24.4. The van der Waals surface area contributed by atoms with E-state index in [1.54, 1.807) is 24.3 Å². The SMILES string of the molecule is COC(=O)[C@H](Cc1ccccc1)NC(=O)c1cc(Cl)c(O)c(Cl)c1O. The molecule has 0 aromatic heterocycles. The van der Waals surface area contributed by atoms with Crippen LogP contribution in [0.2, 0.25) is 10.0 Å². The van der Waals surface area contributed by atoms with Gasteiger partial charge in [0.25, 0.3) is 5.91 Å². The van der Waals surface area contributed by atoms with Gasteiger partial charge >= 0.3 is 5.97 Å². The van der Waals surface area contributed by atoms with E-state index in [9.17, 15) is 19.8 Å². The van der Waals surface area contributed by atoms with Crippen molar-refractivity contribution in [3.63, 3.8) is 0 Å². The Balaban J connectivity index is 2.27. The van der Waals surface area contributed by atoms with Gasteiger partial charge in [0.05, 0.1) is 17.7 Å². The molecule has 2 aromatic carbocycles. The predicted octanol–water partition coefficient (Wildman–Crippen LogP) is 2.92. The number of carbonyl (C=O) groups excluding carboxylic acids is 2. The quantitative estimate of drug-likeness (QED) is 0.689. The Morgan fingerprint density at radius 2 is 1.80 bits per heavy atom. The third kappa shape index (κ3) is 4.35. The first kappa shape index (κ1) is 18.9. The molecule has 25 heavy (non-hydrogen) atoms. The number of benzene rings is 2. The number of aromatic hydroxyl groups is 2. The van der Waals surface area contributed by atoms with E-state index >= 15 is 0 Å². The molecule has 1 amide bonds. The van der Waals surface area contributed by atoms with Gasteiger partial charge in [-0.3, -0.25) is 4.79 Å². The molecule has 0 radical (unpaired) electrons. The highest BCUT2D eigenvalue weighted by molar-refractivity contribution is 6.38. The zero-order valence-electron chi connectivity index (χ0n) is 13.1. The Morgan fingerprint density at radius 3 is 2.40 bits per heavy atom. The van der Waals surface area contributed by atoms with Crippen molar-refractivity contribution in [3.05, 3.63) is 57.6 Å². The standard InChI is InChI=1S/C17H15Cl2NO5/c1-25-17(24)12(7-9-5-3-2-4-6-9)20-16(23)10-8-11(18)15(22)13(19)14(10)21/h2-6,8,12,21-22H,7H2,1H3,(H,20,23)/t12-/m0/s1. The number of halogens is 2. The van der Waals surface area contributed by atoms with Crippen molar-refractivity contribution in [2.75, 3.05) is 7.11 Å². The summed E-state index contributed by atoms with van der Waals surface area (Å²) in [5.74, 6) is -2.60. The average molecular weight is 384 g/mol. The van der Waals surface area contributed by atoms with Crippen LogP contribution in [0, 0.1) is 0 Å². The van der Waals surface area contributed by atoms with Crippen LogP contribution in [0.15, 0.2) is 36.4 Å². The Hall–Kier alpha value is -2.44. The van der Waals surface area contributed by atoms with Gasteiger partial charge in [-0.1, -0.05) is 53.5 Å². The second-order valence-electron chi connectivity index (χ2n) is 5.16. The maximum atomic E-state index is 12.4. The highest BCUT2D eigenvalue weighted by Gasteiger charge is 2.26. The van der Waals surface area contributed by atoms with E-state index in [0.29, 0.717) is 0 Å².